The lowest BCUT2D eigenvalue weighted by Crippen LogP contribution is -2.51. The van der Waals surface area contributed by atoms with E-state index in [4.69, 9.17) is 4.74 Å². The average Bonchev–Trinajstić information content (AvgIpc) is 2.74. The Morgan fingerprint density at radius 1 is 1.37 bits per heavy atom. The molecule has 102 valence electrons. The van der Waals surface area contributed by atoms with Crippen molar-refractivity contribution in [1.29, 1.82) is 0 Å². The minimum atomic E-state index is -1.11. The van der Waals surface area contributed by atoms with Crippen LogP contribution in [0.15, 0.2) is 30.3 Å². The quantitative estimate of drug-likeness (QED) is 0.802. The van der Waals surface area contributed by atoms with Gasteiger partial charge in [-0.2, -0.15) is 0 Å². The normalized spacial score (nSPS) is 26.3. The molecule has 1 heterocycles. The van der Waals surface area contributed by atoms with Gasteiger partial charge in [0, 0.05) is 18.5 Å². The van der Waals surface area contributed by atoms with E-state index >= 15 is 0 Å². The van der Waals surface area contributed by atoms with Crippen LogP contribution in [0.25, 0.3) is 0 Å². The zero-order chi connectivity index (χ0) is 14.0. The third-order valence-corrected chi connectivity index (χ3v) is 3.51. The largest absolute Gasteiger partial charge is 0.467 e. The van der Waals surface area contributed by atoms with E-state index in [2.05, 4.69) is 0 Å². The van der Waals surface area contributed by atoms with Crippen molar-refractivity contribution in [1.82, 2.24) is 4.90 Å². The molecular weight excluding hydrogens is 246 g/mol. The van der Waals surface area contributed by atoms with E-state index < -0.39 is 17.6 Å². The number of hydrogen-bond acceptors (Lipinski definition) is 4. The highest BCUT2D eigenvalue weighted by Gasteiger charge is 2.50. The Balaban J connectivity index is 2.32. The van der Waals surface area contributed by atoms with Crippen LogP contribution in [0.2, 0.25) is 0 Å². The number of ether oxygens (including phenoxy) is 1. The number of β-amino-alcohol motifs (C(OH)–C–C–N with tert-alkyl or cyclic N) is 1. The van der Waals surface area contributed by atoms with Crippen molar-refractivity contribution in [2.45, 2.75) is 25.0 Å². The topological polar surface area (TPSA) is 66.8 Å². The van der Waals surface area contributed by atoms with Crippen LogP contribution in [-0.2, 0) is 9.53 Å². The molecule has 0 radical (unpaired) electrons. The van der Waals surface area contributed by atoms with Gasteiger partial charge in [-0.25, -0.2) is 4.79 Å². The molecule has 1 saturated heterocycles. The Morgan fingerprint density at radius 2 is 2.00 bits per heavy atom. The maximum atomic E-state index is 12.4. The Morgan fingerprint density at radius 3 is 2.58 bits per heavy atom. The lowest BCUT2D eigenvalue weighted by Gasteiger charge is -2.32. The van der Waals surface area contributed by atoms with E-state index in [1.807, 2.05) is 6.07 Å². The van der Waals surface area contributed by atoms with Gasteiger partial charge in [0.2, 0.25) is 0 Å². The number of hydrogen-bond donors (Lipinski definition) is 1. The number of carbonyl (C=O) groups is 2. The zero-order valence-electron chi connectivity index (χ0n) is 11.0. The van der Waals surface area contributed by atoms with Gasteiger partial charge in [-0.15, -0.1) is 0 Å². The number of aliphatic hydroxyl groups excluding tert-OH is 1. The van der Waals surface area contributed by atoms with Crippen LogP contribution in [-0.4, -0.2) is 47.2 Å². The highest BCUT2D eigenvalue weighted by Crippen LogP contribution is 2.31. The van der Waals surface area contributed by atoms with Gasteiger partial charge in [0.05, 0.1) is 13.2 Å². The maximum absolute atomic E-state index is 12.4. The molecule has 0 unspecified atom stereocenters. The first-order valence-electron chi connectivity index (χ1n) is 6.12. The lowest BCUT2D eigenvalue weighted by atomic mass is 9.97. The van der Waals surface area contributed by atoms with E-state index in [0.717, 1.165) is 0 Å². The molecule has 1 aliphatic heterocycles. The van der Waals surface area contributed by atoms with Gasteiger partial charge >= 0.3 is 5.97 Å². The van der Waals surface area contributed by atoms with Gasteiger partial charge in [0.15, 0.2) is 0 Å². The number of esters is 1. The highest BCUT2D eigenvalue weighted by molar-refractivity contribution is 5.98. The molecule has 0 saturated carbocycles. The van der Waals surface area contributed by atoms with Crippen molar-refractivity contribution in [3.63, 3.8) is 0 Å². The summed E-state index contributed by atoms with van der Waals surface area (Å²) in [6.07, 6.45) is -0.519. The van der Waals surface area contributed by atoms with E-state index in [-0.39, 0.29) is 18.9 Å². The van der Waals surface area contributed by atoms with Crippen molar-refractivity contribution in [3.05, 3.63) is 35.9 Å². The molecule has 2 rings (SSSR count). The molecule has 5 nitrogen and oxygen atoms in total. The van der Waals surface area contributed by atoms with Crippen molar-refractivity contribution in [3.8, 4) is 0 Å². The molecule has 0 spiro atoms. The third-order valence-electron chi connectivity index (χ3n) is 3.51. The molecule has 1 aliphatic rings. The molecule has 1 aromatic rings. The number of likely N-dealkylation sites (tertiary alicyclic amines) is 1. The molecule has 1 amide bonds. The number of amides is 1. The Labute approximate surface area is 111 Å². The van der Waals surface area contributed by atoms with Gasteiger partial charge in [-0.05, 0) is 19.1 Å². The molecule has 19 heavy (non-hydrogen) atoms. The van der Waals surface area contributed by atoms with Gasteiger partial charge < -0.3 is 14.7 Å². The third kappa shape index (κ3) is 2.33. The van der Waals surface area contributed by atoms with Gasteiger partial charge in [-0.1, -0.05) is 18.2 Å². The Bertz CT molecular complexity index is 487. The van der Waals surface area contributed by atoms with Crippen molar-refractivity contribution in [2.24, 2.45) is 0 Å². The summed E-state index contributed by atoms with van der Waals surface area (Å²) in [5, 5.41) is 9.77. The first-order valence-corrected chi connectivity index (χ1v) is 6.12. The minimum Gasteiger partial charge on any atom is -0.467 e. The van der Waals surface area contributed by atoms with Crippen LogP contribution in [0.3, 0.4) is 0 Å². The summed E-state index contributed by atoms with van der Waals surface area (Å²) in [5.74, 6) is -0.779. The summed E-state index contributed by atoms with van der Waals surface area (Å²) in [7, 11) is 1.28. The molecule has 1 fully saturated rings. The predicted octanol–water partition coefficient (Wildman–Crippen LogP) is 0.825. The fraction of sp³-hybridized carbons (Fsp3) is 0.429. The fourth-order valence-corrected chi connectivity index (χ4v) is 2.50. The fourth-order valence-electron chi connectivity index (χ4n) is 2.50. The van der Waals surface area contributed by atoms with E-state index in [1.54, 1.807) is 31.2 Å². The maximum Gasteiger partial charge on any atom is 0.331 e. The number of methoxy groups -OCH3 is 1. The summed E-state index contributed by atoms with van der Waals surface area (Å²) in [6.45, 7) is 1.76. The molecule has 0 bridgehead atoms. The van der Waals surface area contributed by atoms with Crippen LogP contribution in [0.5, 0.6) is 0 Å². The monoisotopic (exact) mass is 263 g/mol. The molecular formula is C14H17NO4. The molecule has 1 N–H and O–H groups in total. The number of carbonyl (C=O) groups excluding carboxylic acids is 2. The first kappa shape index (κ1) is 13.5. The second-order valence-corrected chi connectivity index (χ2v) is 4.91. The van der Waals surface area contributed by atoms with E-state index in [0.29, 0.717) is 5.56 Å². The van der Waals surface area contributed by atoms with Crippen molar-refractivity contribution < 1.29 is 19.4 Å². The summed E-state index contributed by atoms with van der Waals surface area (Å²) in [6, 6.07) is 8.70. The van der Waals surface area contributed by atoms with Gasteiger partial charge in [-0.3, -0.25) is 4.79 Å². The predicted molar refractivity (Wildman–Crippen MR) is 68.5 cm³/mol. The minimum absolute atomic E-state index is 0.138. The van der Waals surface area contributed by atoms with Gasteiger partial charge in [0.25, 0.3) is 5.91 Å². The van der Waals surface area contributed by atoms with Crippen molar-refractivity contribution in [2.75, 3.05) is 13.7 Å². The Kier molecular flexibility index (Phi) is 3.57. The highest BCUT2D eigenvalue weighted by atomic mass is 16.5. The molecule has 1 aromatic carbocycles. The second kappa shape index (κ2) is 5.01. The Hall–Kier alpha value is -1.88. The van der Waals surface area contributed by atoms with Crippen LogP contribution < -0.4 is 0 Å². The second-order valence-electron chi connectivity index (χ2n) is 4.91. The van der Waals surface area contributed by atoms with Crippen LogP contribution in [0.4, 0.5) is 0 Å². The smallest absolute Gasteiger partial charge is 0.331 e. The molecule has 0 aromatic heterocycles. The van der Waals surface area contributed by atoms with Gasteiger partial charge in [0.1, 0.15) is 5.54 Å². The number of aliphatic hydroxyl groups is 1. The molecule has 5 heteroatoms. The summed E-state index contributed by atoms with van der Waals surface area (Å²) in [5.41, 5.74) is -0.618. The van der Waals surface area contributed by atoms with Crippen LogP contribution in [0, 0.1) is 0 Å². The number of rotatable bonds is 2. The zero-order valence-corrected chi connectivity index (χ0v) is 11.0. The van der Waals surface area contributed by atoms with Crippen LogP contribution in [0.1, 0.15) is 23.7 Å². The number of nitrogens with zero attached hydrogens (tertiary/aromatic N) is 1. The summed E-state index contributed by atoms with van der Waals surface area (Å²) in [4.78, 5) is 25.7. The molecule has 0 aliphatic carbocycles. The average molecular weight is 263 g/mol. The standard InChI is InChI=1S/C14H17NO4/c1-14(13(18)19-2)8-11(16)9-15(14)12(17)10-6-4-3-5-7-10/h3-7,11,16H,8-9H2,1-2H3/t11-,14-/m0/s1. The molecule has 2 atom stereocenters. The number of benzene rings is 1. The lowest BCUT2D eigenvalue weighted by molar-refractivity contribution is -0.151. The first-order chi connectivity index (χ1) is 8.99. The summed E-state index contributed by atoms with van der Waals surface area (Å²) >= 11 is 0. The SMILES string of the molecule is COC(=O)[C@]1(C)C[C@H](O)CN1C(=O)c1ccccc1. The van der Waals surface area contributed by atoms with E-state index in [9.17, 15) is 14.7 Å². The summed E-state index contributed by atoms with van der Waals surface area (Å²) < 4.78 is 4.76. The van der Waals surface area contributed by atoms with Crippen LogP contribution >= 0.6 is 0 Å². The van der Waals surface area contributed by atoms with Crippen molar-refractivity contribution >= 4 is 11.9 Å². The van der Waals surface area contributed by atoms with E-state index in [1.165, 1.54) is 12.0 Å².